The van der Waals surface area contributed by atoms with Crippen LogP contribution in [0.25, 0.3) is 0 Å². The van der Waals surface area contributed by atoms with E-state index >= 15 is 0 Å². The summed E-state index contributed by atoms with van der Waals surface area (Å²) < 4.78 is 4.05. The first kappa shape index (κ1) is 19.4. The first-order chi connectivity index (χ1) is 14.1. The molecule has 1 fully saturated rings. The Kier molecular flexibility index (Phi) is 5.76. The van der Waals surface area contributed by atoms with Gasteiger partial charge in [0, 0.05) is 43.3 Å². The highest BCUT2D eigenvalue weighted by Gasteiger charge is 2.18. The van der Waals surface area contributed by atoms with Gasteiger partial charge in [-0.05, 0) is 43.1 Å². The highest BCUT2D eigenvalue weighted by Crippen LogP contribution is 2.18. The molecular formula is C22H28N6O. The molecule has 7 nitrogen and oxygen atoms in total. The zero-order valence-electron chi connectivity index (χ0n) is 17.0. The molecule has 1 saturated heterocycles. The molecule has 152 valence electrons. The van der Waals surface area contributed by atoms with E-state index in [2.05, 4.69) is 45.2 Å². The average Bonchev–Trinajstić information content (AvgIpc) is 3.39. The summed E-state index contributed by atoms with van der Waals surface area (Å²) in [7, 11) is 0. The average molecular weight is 393 g/mol. The molecule has 2 aromatic heterocycles. The van der Waals surface area contributed by atoms with Crippen molar-refractivity contribution in [2.45, 2.75) is 45.2 Å². The fourth-order valence-corrected chi connectivity index (χ4v) is 3.82. The van der Waals surface area contributed by atoms with E-state index in [9.17, 15) is 4.79 Å². The number of hydrogen-bond acceptors (Lipinski definition) is 4. The van der Waals surface area contributed by atoms with Crippen LogP contribution < -0.4 is 10.6 Å². The fraction of sp³-hybridized carbons (Fsp3) is 0.409. The van der Waals surface area contributed by atoms with Crippen molar-refractivity contribution < 1.29 is 4.79 Å². The Bertz CT molecular complexity index is 967. The molecule has 7 heteroatoms. The van der Waals surface area contributed by atoms with Gasteiger partial charge in [0.25, 0.3) is 5.91 Å². The van der Waals surface area contributed by atoms with E-state index in [1.165, 1.54) is 0 Å². The number of carbonyl (C=O) groups is 1. The molecule has 0 radical (unpaired) electrons. The third-order valence-electron chi connectivity index (χ3n) is 5.29. The van der Waals surface area contributed by atoms with Crippen molar-refractivity contribution in [3.05, 3.63) is 66.0 Å². The second-order valence-corrected chi connectivity index (χ2v) is 7.90. The van der Waals surface area contributed by atoms with Crippen LogP contribution in [0.4, 0.5) is 5.69 Å². The Hall–Kier alpha value is -2.93. The van der Waals surface area contributed by atoms with Gasteiger partial charge >= 0.3 is 0 Å². The van der Waals surface area contributed by atoms with Crippen LogP contribution in [0.15, 0.2) is 48.9 Å². The number of amides is 1. The van der Waals surface area contributed by atoms with Crippen molar-refractivity contribution in [1.82, 2.24) is 24.6 Å². The van der Waals surface area contributed by atoms with Crippen molar-refractivity contribution in [3.8, 4) is 0 Å². The highest BCUT2D eigenvalue weighted by molar-refractivity contribution is 6.02. The number of piperidine rings is 1. The number of carbonyl (C=O) groups excluding carboxylic acids is 1. The molecule has 0 saturated carbocycles. The SMILES string of the molecule is CC(C)c1nccn1Cc1cccc(NC(=O)c2ccn(C3CCCNC3)n2)c1. The molecule has 3 aromatic rings. The standard InChI is InChI=1S/C22H28N6O/c1-16(2)21-24-10-12-27(21)15-17-5-3-6-18(13-17)25-22(29)20-8-11-28(26-20)19-7-4-9-23-14-19/h3,5-6,8,10-13,16,19,23H,4,7,9,14-15H2,1-2H3,(H,25,29). The van der Waals surface area contributed by atoms with E-state index < -0.39 is 0 Å². The molecule has 0 bridgehead atoms. The largest absolute Gasteiger partial charge is 0.330 e. The summed E-state index contributed by atoms with van der Waals surface area (Å²) in [5.74, 6) is 1.24. The minimum absolute atomic E-state index is 0.185. The molecule has 4 rings (SSSR count). The lowest BCUT2D eigenvalue weighted by Gasteiger charge is -2.22. The van der Waals surface area contributed by atoms with Gasteiger partial charge in [-0.2, -0.15) is 5.10 Å². The monoisotopic (exact) mass is 392 g/mol. The maximum Gasteiger partial charge on any atom is 0.276 e. The Labute approximate surface area is 171 Å². The van der Waals surface area contributed by atoms with Crippen molar-refractivity contribution in [2.24, 2.45) is 0 Å². The fourth-order valence-electron chi connectivity index (χ4n) is 3.82. The quantitative estimate of drug-likeness (QED) is 0.674. The smallest absolute Gasteiger partial charge is 0.276 e. The third-order valence-corrected chi connectivity index (χ3v) is 5.29. The number of benzene rings is 1. The summed E-state index contributed by atoms with van der Waals surface area (Å²) in [6.07, 6.45) is 7.95. The number of nitrogens with one attached hydrogen (secondary N) is 2. The van der Waals surface area contributed by atoms with E-state index in [0.717, 1.165) is 49.6 Å². The Morgan fingerprint density at radius 1 is 1.31 bits per heavy atom. The Morgan fingerprint density at radius 3 is 3.00 bits per heavy atom. The van der Waals surface area contributed by atoms with E-state index in [1.54, 1.807) is 6.07 Å². The second kappa shape index (κ2) is 8.61. The molecule has 3 heterocycles. The van der Waals surface area contributed by atoms with Crippen molar-refractivity contribution in [2.75, 3.05) is 18.4 Å². The van der Waals surface area contributed by atoms with Crippen molar-refractivity contribution >= 4 is 11.6 Å². The minimum Gasteiger partial charge on any atom is -0.330 e. The number of aromatic nitrogens is 4. The number of imidazole rings is 1. The van der Waals surface area contributed by atoms with Gasteiger partial charge in [0.05, 0.1) is 6.04 Å². The molecule has 29 heavy (non-hydrogen) atoms. The molecule has 1 unspecified atom stereocenters. The van der Waals surface area contributed by atoms with Crippen LogP contribution in [-0.2, 0) is 6.54 Å². The van der Waals surface area contributed by atoms with Crippen LogP contribution in [0.1, 0.15) is 60.5 Å². The van der Waals surface area contributed by atoms with E-state index in [0.29, 0.717) is 17.7 Å². The molecule has 1 atom stereocenters. The van der Waals surface area contributed by atoms with Crippen LogP contribution in [0.2, 0.25) is 0 Å². The van der Waals surface area contributed by atoms with E-state index in [1.807, 2.05) is 41.5 Å². The van der Waals surface area contributed by atoms with Gasteiger partial charge < -0.3 is 15.2 Å². The minimum atomic E-state index is -0.185. The maximum atomic E-state index is 12.7. The summed E-state index contributed by atoms with van der Waals surface area (Å²) in [5, 5.41) is 10.9. The lowest BCUT2D eigenvalue weighted by molar-refractivity contribution is 0.102. The Morgan fingerprint density at radius 2 is 2.21 bits per heavy atom. The highest BCUT2D eigenvalue weighted by atomic mass is 16.1. The van der Waals surface area contributed by atoms with Crippen LogP contribution in [0.5, 0.6) is 0 Å². The summed E-state index contributed by atoms with van der Waals surface area (Å²) in [6.45, 7) is 6.95. The molecule has 1 amide bonds. The zero-order valence-corrected chi connectivity index (χ0v) is 17.0. The van der Waals surface area contributed by atoms with Crippen LogP contribution in [0.3, 0.4) is 0 Å². The molecule has 1 aromatic carbocycles. The van der Waals surface area contributed by atoms with Crippen LogP contribution in [0, 0.1) is 0 Å². The summed E-state index contributed by atoms with van der Waals surface area (Å²) in [6, 6.07) is 10.0. The Balaban J connectivity index is 1.43. The molecule has 2 N–H and O–H groups in total. The van der Waals surface area contributed by atoms with Crippen molar-refractivity contribution in [3.63, 3.8) is 0 Å². The molecule has 1 aliphatic rings. The van der Waals surface area contributed by atoms with E-state index in [-0.39, 0.29) is 5.91 Å². The van der Waals surface area contributed by atoms with Gasteiger partial charge in [-0.3, -0.25) is 9.48 Å². The lowest BCUT2D eigenvalue weighted by atomic mass is 10.1. The molecular weight excluding hydrogens is 364 g/mol. The van der Waals surface area contributed by atoms with E-state index in [4.69, 9.17) is 0 Å². The third kappa shape index (κ3) is 4.56. The number of anilines is 1. The number of rotatable bonds is 6. The molecule has 0 aliphatic carbocycles. The van der Waals surface area contributed by atoms with Gasteiger partial charge in [-0.25, -0.2) is 4.98 Å². The number of hydrogen-bond donors (Lipinski definition) is 2. The second-order valence-electron chi connectivity index (χ2n) is 7.90. The molecule has 1 aliphatic heterocycles. The first-order valence-electron chi connectivity index (χ1n) is 10.3. The molecule has 0 spiro atoms. The number of nitrogens with zero attached hydrogens (tertiary/aromatic N) is 4. The van der Waals surface area contributed by atoms with Gasteiger partial charge in [0.15, 0.2) is 5.69 Å². The first-order valence-corrected chi connectivity index (χ1v) is 10.3. The van der Waals surface area contributed by atoms with Crippen molar-refractivity contribution in [1.29, 1.82) is 0 Å². The normalized spacial score (nSPS) is 16.9. The predicted octanol–water partition coefficient (Wildman–Crippen LogP) is 3.43. The summed E-state index contributed by atoms with van der Waals surface area (Å²) in [5.41, 5.74) is 2.33. The van der Waals surface area contributed by atoms with Gasteiger partial charge in [0.2, 0.25) is 0 Å². The van der Waals surface area contributed by atoms with Gasteiger partial charge in [-0.1, -0.05) is 26.0 Å². The summed E-state index contributed by atoms with van der Waals surface area (Å²) in [4.78, 5) is 17.1. The van der Waals surface area contributed by atoms with Gasteiger partial charge in [0.1, 0.15) is 5.82 Å². The predicted molar refractivity (Wildman–Crippen MR) is 113 cm³/mol. The maximum absolute atomic E-state index is 12.7. The zero-order chi connectivity index (χ0) is 20.2. The lowest BCUT2D eigenvalue weighted by Crippen LogP contribution is -2.32. The van der Waals surface area contributed by atoms with Crippen LogP contribution >= 0.6 is 0 Å². The van der Waals surface area contributed by atoms with Crippen LogP contribution in [-0.4, -0.2) is 38.3 Å². The van der Waals surface area contributed by atoms with Gasteiger partial charge in [-0.15, -0.1) is 0 Å². The topological polar surface area (TPSA) is 76.8 Å². The summed E-state index contributed by atoms with van der Waals surface area (Å²) >= 11 is 0.